The summed E-state index contributed by atoms with van der Waals surface area (Å²) in [6.45, 7) is 1.94. The lowest BCUT2D eigenvalue weighted by Gasteiger charge is -2.01. The highest BCUT2D eigenvalue weighted by atomic mass is 35.5. The van der Waals surface area contributed by atoms with Gasteiger partial charge in [0.1, 0.15) is 0 Å². The number of hydrogen-bond donors (Lipinski definition) is 0. The molecule has 0 fully saturated rings. The third-order valence-electron chi connectivity index (χ3n) is 3.60. The van der Waals surface area contributed by atoms with E-state index in [1.165, 1.54) is 11.8 Å². The second-order valence-corrected chi connectivity index (χ2v) is 7.19. The Labute approximate surface area is 158 Å². The molecule has 130 valence electrons. The molecule has 2 aromatic carbocycles. The molecule has 4 rings (SSSR count). The molecule has 0 aliphatic carbocycles. The SMILES string of the molecule is CC(Sc1nnc(-c2ccc(Cl)cc2)o1)c1nc(-c2ccccc2)no1. The van der Waals surface area contributed by atoms with Gasteiger partial charge >= 0.3 is 0 Å². The monoisotopic (exact) mass is 384 g/mol. The molecule has 0 N–H and O–H groups in total. The lowest BCUT2D eigenvalue weighted by atomic mass is 10.2. The molecule has 0 saturated heterocycles. The number of rotatable bonds is 5. The van der Waals surface area contributed by atoms with Gasteiger partial charge in [-0.05, 0) is 31.2 Å². The molecule has 2 heterocycles. The van der Waals surface area contributed by atoms with Crippen LogP contribution in [0.4, 0.5) is 0 Å². The third-order valence-corrected chi connectivity index (χ3v) is 4.77. The Balaban J connectivity index is 1.48. The maximum Gasteiger partial charge on any atom is 0.277 e. The fraction of sp³-hybridized carbons (Fsp3) is 0.111. The zero-order valence-corrected chi connectivity index (χ0v) is 15.2. The van der Waals surface area contributed by atoms with Crippen molar-refractivity contribution in [2.24, 2.45) is 0 Å². The van der Waals surface area contributed by atoms with Gasteiger partial charge in [-0.25, -0.2) is 0 Å². The molecule has 0 spiro atoms. The largest absolute Gasteiger partial charge is 0.411 e. The Kier molecular flexibility index (Phi) is 4.73. The fourth-order valence-corrected chi connectivity index (χ4v) is 3.11. The average Bonchev–Trinajstić information content (AvgIpc) is 3.33. The minimum absolute atomic E-state index is 0.126. The van der Waals surface area contributed by atoms with Gasteiger partial charge in [0.05, 0.1) is 5.25 Å². The second-order valence-electron chi connectivity index (χ2n) is 5.46. The molecular weight excluding hydrogens is 372 g/mol. The zero-order valence-electron chi connectivity index (χ0n) is 13.7. The number of benzene rings is 2. The van der Waals surface area contributed by atoms with Crippen molar-refractivity contribution in [2.45, 2.75) is 17.4 Å². The Morgan fingerprint density at radius 1 is 0.962 bits per heavy atom. The quantitative estimate of drug-likeness (QED) is 0.432. The topological polar surface area (TPSA) is 77.8 Å². The Morgan fingerprint density at radius 3 is 2.50 bits per heavy atom. The maximum absolute atomic E-state index is 5.89. The summed E-state index contributed by atoms with van der Waals surface area (Å²) < 4.78 is 11.1. The van der Waals surface area contributed by atoms with E-state index in [1.54, 1.807) is 12.1 Å². The van der Waals surface area contributed by atoms with Crippen LogP contribution in [0, 0.1) is 0 Å². The second kappa shape index (κ2) is 7.31. The van der Waals surface area contributed by atoms with Crippen molar-refractivity contribution in [3.05, 3.63) is 65.5 Å². The Bertz CT molecular complexity index is 1000. The van der Waals surface area contributed by atoms with Crippen LogP contribution in [-0.4, -0.2) is 20.3 Å². The van der Waals surface area contributed by atoms with Crippen molar-refractivity contribution < 1.29 is 8.94 Å². The predicted molar refractivity (Wildman–Crippen MR) is 98.8 cm³/mol. The van der Waals surface area contributed by atoms with Crippen molar-refractivity contribution in [1.82, 2.24) is 20.3 Å². The van der Waals surface area contributed by atoms with Crippen LogP contribution in [0.25, 0.3) is 22.8 Å². The van der Waals surface area contributed by atoms with E-state index in [-0.39, 0.29) is 5.25 Å². The molecule has 0 bridgehead atoms. The number of thioether (sulfide) groups is 1. The van der Waals surface area contributed by atoms with E-state index >= 15 is 0 Å². The van der Waals surface area contributed by atoms with E-state index in [1.807, 2.05) is 49.4 Å². The molecule has 1 atom stereocenters. The molecule has 6 nitrogen and oxygen atoms in total. The average molecular weight is 385 g/mol. The number of nitrogens with zero attached hydrogens (tertiary/aromatic N) is 4. The van der Waals surface area contributed by atoms with Gasteiger partial charge in [0.15, 0.2) is 0 Å². The predicted octanol–water partition coefficient (Wildman–Crippen LogP) is 5.29. The van der Waals surface area contributed by atoms with Crippen molar-refractivity contribution in [2.75, 3.05) is 0 Å². The van der Waals surface area contributed by atoms with Crippen LogP contribution in [0.2, 0.25) is 5.02 Å². The zero-order chi connectivity index (χ0) is 17.9. The van der Waals surface area contributed by atoms with E-state index < -0.39 is 0 Å². The van der Waals surface area contributed by atoms with E-state index in [0.717, 1.165) is 11.1 Å². The Morgan fingerprint density at radius 2 is 1.73 bits per heavy atom. The smallest absolute Gasteiger partial charge is 0.277 e. The van der Waals surface area contributed by atoms with Crippen LogP contribution in [0.3, 0.4) is 0 Å². The number of hydrogen-bond acceptors (Lipinski definition) is 7. The Hall–Kier alpha value is -2.64. The summed E-state index contributed by atoms with van der Waals surface area (Å²) in [5.41, 5.74) is 1.72. The summed E-state index contributed by atoms with van der Waals surface area (Å²) in [6.07, 6.45) is 0. The molecule has 0 aliphatic rings. The summed E-state index contributed by atoms with van der Waals surface area (Å²) in [5.74, 6) is 1.49. The van der Waals surface area contributed by atoms with Crippen molar-refractivity contribution in [3.8, 4) is 22.8 Å². The van der Waals surface area contributed by atoms with E-state index in [0.29, 0.717) is 27.9 Å². The summed E-state index contributed by atoms with van der Waals surface area (Å²) >= 11 is 7.25. The van der Waals surface area contributed by atoms with Gasteiger partial charge < -0.3 is 8.94 Å². The van der Waals surface area contributed by atoms with Crippen LogP contribution in [0.15, 0.2) is 68.8 Å². The normalized spacial score (nSPS) is 12.2. The first-order valence-electron chi connectivity index (χ1n) is 7.84. The van der Waals surface area contributed by atoms with Crippen LogP contribution in [-0.2, 0) is 0 Å². The van der Waals surface area contributed by atoms with Crippen LogP contribution >= 0.6 is 23.4 Å². The molecular formula is C18H13ClN4O2S. The molecule has 4 aromatic rings. The fourth-order valence-electron chi connectivity index (χ4n) is 2.27. The molecule has 8 heteroatoms. The first-order valence-corrected chi connectivity index (χ1v) is 9.10. The highest BCUT2D eigenvalue weighted by Gasteiger charge is 2.20. The standard InChI is InChI=1S/C18H13ClN4O2S/c1-11(16-20-15(23-25-16)12-5-3-2-4-6-12)26-18-22-21-17(24-18)13-7-9-14(19)10-8-13/h2-11H,1H3. The maximum atomic E-state index is 5.89. The molecule has 0 amide bonds. The molecule has 0 saturated carbocycles. The van der Waals surface area contributed by atoms with Gasteiger partial charge in [0.25, 0.3) is 5.22 Å². The van der Waals surface area contributed by atoms with Gasteiger partial charge in [-0.1, -0.05) is 58.9 Å². The van der Waals surface area contributed by atoms with E-state index in [9.17, 15) is 0 Å². The van der Waals surface area contributed by atoms with Crippen molar-refractivity contribution in [1.29, 1.82) is 0 Å². The molecule has 26 heavy (non-hydrogen) atoms. The highest BCUT2D eigenvalue weighted by Crippen LogP contribution is 2.35. The summed E-state index contributed by atoms with van der Waals surface area (Å²) in [7, 11) is 0. The summed E-state index contributed by atoms with van der Waals surface area (Å²) in [5, 5.41) is 13.1. The summed E-state index contributed by atoms with van der Waals surface area (Å²) in [6, 6.07) is 16.9. The molecule has 0 aliphatic heterocycles. The van der Waals surface area contributed by atoms with Gasteiger partial charge in [-0.2, -0.15) is 4.98 Å². The number of aromatic nitrogens is 4. The van der Waals surface area contributed by atoms with Crippen molar-refractivity contribution in [3.63, 3.8) is 0 Å². The van der Waals surface area contributed by atoms with Crippen LogP contribution in [0.5, 0.6) is 0 Å². The molecule has 1 unspecified atom stereocenters. The van der Waals surface area contributed by atoms with Gasteiger partial charge in [0.2, 0.25) is 17.6 Å². The van der Waals surface area contributed by atoms with E-state index in [2.05, 4.69) is 20.3 Å². The minimum atomic E-state index is -0.126. The highest BCUT2D eigenvalue weighted by molar-refractivity contribution is 7.99. The minimum Gasteiger partial charge on any atom is -0.411 e. The van der Waals surface area contributed by atoms with Gasteiger partial charge in [-0.15, -0.1) is 10.2 Å². The van der Waals surface area contributed by atoms with Crippen LogP contribution < -0.4 is 0 Å². The molecule has 0 radical (unpaired) electrons. The third kappa shape index (κ3) is 3.63. The number of halogens is 1. The van der Waals surface area contributed by atoms with Gasteiger partial charge in [0, 0.05) is 16.1 Å². The lowest BCUT2D eigenvalue weighted by Crippen LogP contribution is -1.89. The van der Waals surface area contributed by atoms with E-state index in [4.69, 9.17) is 20.5 Å². The van der Waals surface area contributed by atoms with Gasteiger partial charge in [-0.3, -0.25) is 0 Å². The molecule has 2 aromatic heterocycles. The first-order chi connectivity index (χ1) is 12.7. The lowest BCUT2D eigenvalue weighted by molar-refractivity contribution is 0.379. The first kappa shape index (κ1) is 16.8. The summed E-state index contributed by atoms with van der Waals surface area (Å²) in [4.78, 5) is 4.45. The van der Waals surface area contributed by atoms with Crippen LogP contribution in [0.1, 0.15) is 18.1 Å². The van der Waals surface area contributed by atoms with Crippen molar-refractivity contribution >= 4 is 23.4 Å².